The van der Waals surface area contributed by atoms with Crippen LogP contribution in [0.5, 0.6) is 0 Å². The van der Waals surface area contributed by atoms with E-state index in [-0.39, 0.29) is 5.69 Å². The molecule has 3 rings (SSSR count). The molecular formula is C22H21N5O. The van der Waals surface area contributed by atoms with E-state index in [9.17, 15) is 10.1 Å². The summed E-state index contributed by atoms with van der Waals surface area (Å²) in [6.45, 7) is 5.98. The first-order valence-electron chi connectivity index (χ1n) is 9.00. The summed E-state index contributed by atoms with van der Waals surface area (Å²) in [5, 5.41) is 15.2. The van der Waals surface area contributed by atoms with Crippen molar-refractivity contribution in [2.24, 2.45) is 0 Å². The van der Waals surface area contributed by atoms with E-state index in [0.29, 0.717) is 28.8 Å². The predicted molar refractivity (Wildman–Crippen MR) is 110 cm³/mol. The molecule has 0 atom stereocenters. The van der Waals surface area contributed by atoms with Gasteiger partial charge in [-0.15, -0.1) is 0 Å². The van der Waals surface area contributed by atoms with Crippen LogP contribution >= 0.6 is 0 Å². The molecule has 1 amide bonds. The van der Waals surface area contributed by atoms with Crippen LogP contribution in [0.2, 0.25) is 0 Å². The molecule has 0 bridgehead atoms. The van der Waals surface area contributed by atoms with Crippen molar-refractivity contribution in [1.82, 2.24) is 9.97 Å². The summed E-state index contributed by atoms with van der Waals surface area (Å²) >= 11 is 0. The normalized spacial score (nSPS) is 10.4. The smallest absolute Gasteiger partial charge is 0.274 e. The summed E-state index contributed by atoms with van der Waals surface area (Å²) in [5.41, 5.74) is 3.17. The fraction of sp³-hybridized carbons (Fsp3) is 0.182. The zero-order valence-corrected chi connectivity index (χ0v) is 16.0. The van der Waals surface area contributed by atoms with Gasteiger partial charge in [-0.2, -0.15) is 5.26 Å². The van der Waals surface area contributed by atoms with Gasteiger partial charge >= 0.3 is 0 Å². The highest BCUT2D eigenvalue weighted by Crippen LogP contribution is 2.26. The van der Waals surface area contributed by atoms with Gasteiger partial charge in [0.25, 0.3) is 5.91 Å². The Morgan fingerprint density at radius 3 is 2.43 bits per heavy atom. The minimum Gasteiger partial charge on any atom is -0.340 e. The van der Waals surface area contributed by atoms with Crippen molar-refractivity contribution < 1.29 is 4.79 Å². The third kappa shape index (κ3) is 4.33. The van der Waals surface area contributed by atoms with E-state index in [1.165, 1.54) is 0 Å². The number of anilines is 3. The minimum absolute atomic E-state index is 0.227. The molecule has 0 aliphatic carbocycles. The lowest BCUT2D eigenvalue weighted by Crippen LogP contribution is -2.16. The molecule has 2 N–H and O–H groups in total. The standard InChI is InChI=1S/C22H21N5O/c1-14(2)17-9-5-7-11-19(17)26-21-12-20(24-15(3)25-21)22(28)27-18-10-6-4-8-16(18)13-23/h4-12,14H,1-3H3,(H,27,28)(H,24,25,26). The van der Waals surface area contributed by atoms with E-state index in [4.69, 9.17) is 0 Å². The first kappa shape index (κ1) is 19.1. The van der Waals surface area contributed by atoms with Crippen LogP contribution in [0, 0.1) is 18.3 Å². The van der Waals surface area contributed by atoms with E-state index in [2.05, 4.69) is 46.6 Å². The number of aryl methyl sites for hydroxylation is 1. The Balaban J connectivity index is 1.88. The van der Waals surface area contributed by atoms with Gasteiger partial charge in [0.1, 0.15) is 23.4 Å². The molecule has 0 fully saturated rings. The monoisotopic (exact) mass is 371 g/mol. The summed E-state index contributed by atoms with van der Waals surface area (Å²) in [6.07, 6.45) is 0. The topological polar surface area (TPSA) is 90.7 Å². The van der Waals surface area contributed by atoms with Gasteiger partial charge in [-0.05, 0) is 36.6 Å². The van der Waals surface area contributed by atoms with Gasteiger partial charge in [0.15, 0.2) is 0 Å². The third-order valence-electron chi connectivity index (χ3n) is 4.21. The van der Waals surface area contributed by atoms with E-state index < -0.39 is 5.91 Å². The number of aromatic nitrogens is 2. The number of hydrogen-bond donors (Lipinski definition) is 2. The average molecular weight is 371 g/mol. The number of rotatable bonds is 5. The van der Waals surface area contributed by atoms with Crippen LogP contribution in [0.1, 0.15) is 47.2 Å². The number of para-hydroxylation sites is 2. The molecule has 140 valence electrons. The maximum absolute atomic E-state index is 12.7. The summed E-state index contributed by atoms with van der Waals surface area (Å²) in [7, 11) is 0. The lowest BCUT2D eigenvalue weighted by Gasteiger charge is -2.15. The van der Waals surface area contributed by atoms with E-state index in [1.54, 1.807) is 37.3 Å². The Bertz CT molecular complexity index is 1050. The van der Waals surface area contributed by atoms with Crippen LogP contribution in [-0.4, -0.2) is 15.9 Å². The highest BCUT2D eigenvalue weighted by Gasteiger charge is 2.14. The largest absolute Gasteiger partial charge is 0.340 e. The molecular weight excluding hydrogens is 350 g/mol. The molecule has 28 heavy (non-hydrogen) atoms. The van der Waals surface area contributed by atoms with Gasteiger partial charge in [0.2, 0.25) is 0 Å². The highest BCUT2D eigenvalue weighted by molar-refractivity contribution is 6.04. The molecule has 3 aromatic rings. The van der Waals surface area contributed by atoms with Crippen LogP contribution in [0.3, 0.4) is 0 Å². The van der Waals surface area contributed by atoms with Crippen LogP contribution in [0.4, 0.5) is 17.2 Å². The lowest BCUT2D eigenvalue weighted by atomic mass is 10.0. The maximum atomic E-state index is 12.7. The van der Waals surface area contributed by atoms with Gasteiger partial charge in [0, 0.05) is 11.8 Å². The molecule has 0 spiro atoms. The lowest BCUT2D eigenvalue weighted by molar-refractivity contribution is 0.102. The fourth-order valence-corrected chi connectivity index (χ4v) is 2.88. The van der Waals surface area contributed by atoms with Crippen molar-refractivity contribution in [3.63, 3.8) is 0 Å². The number of amides is 1. The number of carbonyl (C=O) groups excluding carboxylic acids is 1. The summed E-state index contributed by atoms with van der Waals surface area (Å²) in [6, 6.07) is 18.5. The highest BCUT2D eigenvalue weighted by atomic mass is 16.1. The quantitative estimate of drug-likeness (QED) is 0.674. The zero-order valence-electron chi connectivity index (χ0n) is 16.0. The molecule has 0 saturated carbocycles. The maximum Gasteiger partial charge on any atom is 0.274 e. The third-order valence-corrected chi connectivity index (χ3v) is 4.21. The molecule has 0 radical (unpaired) electrons. The van der Waals surface area contributed by atoms with Gasteiger partial charge in [0.05, 0.1) is 11.3 Å². The number of benzene rings is 2. The van der Waals surface area contributed by atoms with E-state index >= 15 is 0 Å². The molecule has 1 aromatic heterocycles. The first-order valence-corrected chi connectivity index (χ1v) is 9.00. The van der Waals surface area contributed by atoms with Gasteiger partial charge in [-0.25, -0.2) is 9.97 Å². The van der Waals surface area contributed by atoms with Crippen LogP contribution in [-0.2, 0) is 0 Å². The van der Waals surface area contributed by atoms with E-state index in [1.807, 2.05) is 18.2 Å². The van der Waals surface area contributed by atoms with Crippen LogP contribution in [0.15, 0.2) is 54.6 Å². The second-order valence-corrected chi connectivity index (χ2v) is 6.66. The Hall–Kier alpha value is -3.72. The van der Waals surface area contributed by atoms with Crippen molar-refractivity contribution in [3.05, 3.63) is 77.2 Å². The van der Waals surface area contributed by atoms with Crippen molar-refractivity contribution in [1.29, 1.82) is 5.26 Å². The number of nitrogens with one attached hydrogen (secondary N) is 2. The number of hydrogen-bond acceptors (Lipinski definition) is 5. The summed E-state index contributed by atoms with van der Waals surface area (Å²) < 4.78 is 0. The number of carbonyl (C=O) groups is 1. The zero-order chi connectivity index (χ0) is 20.1. The number of nitriles is 1. The van der Waals surface area contributed by atoms with Crippen LogP contribution in [0.25, 0.3) is 0 Å². The van der Waals surface area contributed by atoms with Crippen molar-refractivity contribution in [3.8, 4) is 6.07 Å². The Morgan fingerprint density at radius 1 is 1.04 bits per heavy atom. The van der Waals surface area contributed by atoms with Crippen molar-refractivity contribution in [2.75, 3.05) is 10.6 Å². The minimum atomic E-state index is -0.395. The molecule has 0 aliphatic rings. The van der Waals surface area contributed by atoms with Crippen LogP contribution < -0.4 is 10.6 Å². The van der Waals surface area contributed by atoms with E-state index in [0.717, 1.165) is 11.3 Å². The molecule has 1 heterocycles. The van der Waals surface area contributed by atoms with Gasteiger partial charge in [-0.1, -0.05) is 44.2 Å². The molecule has 0 saturated heterocycles. The van der Waals surface area contributed by atoms with Crippen molar-refractivity contribution >= 4 is 23.1 Å². The summed E-state index contributed by atoms with van der Waals surface area (Å²) in [5.74, 6) is 0.968. The molecule has 2 aromatic carbocycles. The molecule has 0 aliphatic heterocycles. The summed E-state index contributed by atoms with van der Waals surface area (Å²) in [4.78, 5) is 21.3. The SMILES string of the molecule is Cc1nc(Nc2ccccc2C(C)C)cc(C(=O)Nc2ccccc2C#N)n1. The molecule has 0 unspecified atom stereocenters. The Kier molecular flexibility index (Phi) is 5.66. The van der Waals surface area contributed by atoms with Gasteiger partial charge < -0.3 is 10.6 Å². The predicted octanol–water partition coefficient (Wildman–Crippen LogP) is 4.78. The number of nitrogens with zero attached hydrogens (tertiary/aromatic N) is 3. The average Bonchev–Trinajstić information content (AvgIpc) is 2.68. The molecule has 6 heteroatoms. The first-order chi connectivity index (χ1) is 13.5. The Labute approximate surface area is 164 Å². The second-order valence-electron chi connectivity index (χ2n) is 6.66. The Morgan fingerprint density at radius 2 is 1.71 bits per heavy atom. The fourth-order valence-electron chi connectivity index (χ4n) is 2.88. The molecule has 6 nitrogen and oxygen atoms in total. The van der Waals surface area contributed by atoms with Crippen molar-refractivity contribution in [2.45, 2.75) is 26.7 Å². The second kappa shape index (κ2) is 8.31. The van der Waals surface area contributed by atoms with Gasteiger partial charge in [-0.3, -0.25) is 4.79 Å².